The van der Waals surface area contributed by atoms with E-state index in [1.807, 2.05) is 0 Å². The van der Waals surface area contributed by atoms with Gasteiger partial charge in [-0.25, -0.2) is 9.67 Å². The van der Waals surface area contributed by atoms with Crippen LogP contribution in [0.1, 0.15) is 11.4 Å². The summed E-state index contributed by atoms with van der Waals surface area (Å²) in [5.74, 6) is 0.668. The Morgan fingerprint density at radius 3 is 2.75 bits per heavy atom. The second kappa shape index (κ2) is 6.52. The Labute approximate surface area is 138 Å². The third-order valence-electron chi connectivity index (χ3n) is 4.43. The standard InChI is InChI=1S/C16H20F3N5/c1-22-6-7-23(2)14(10-22)9-15-20-11-21-24(15)13-5-3-4-12(8-13)16(17,18)19/h3-5,8,11,14H,6-7,9-10H2,1-2H3/t14-/m0/s1. The topological polar surface area (TPSA) is 37.2 Å². The molecule has 1 aromatic carbocycles. The van der Waals surface area contributed by atoms with Gasteiger partial charge in [-0.1, -0.05) is 6.07 Å². The molecule has 0 aliphatic carbocycles. The third kappa shape index (κ3) is 3.59. The molecule has 1 atom stereocenters. The molecule has 1 saturated heterocycles. The van der Waals surface area contributed by atoms with Gasteiger partial charge >= 0.3 is 6.18 Å². The largest absolute Gasteiger partial charge is 0.416 e. The van der Waals surface area contributed by atoms with Crippen molar-refractivity contribution in [3.63, 3.8) is 0 Å². The maximum atomic E-state index is 12.9. The molecule has 0 amide bonds. The summed E-state index contributed by atoms with van der Waals surface area (Å²) in [7, 11) is 4.13. The summed E-state index contributed by atoms with van der Waals surface area (Å²) in [5, 5.41) is 4.13. The van der Waals surface area contributed by atoms with Crippen LogP contribution in [0.3, 0.4) is 0 Å². The van der Waals surface area contributed by atoms with Crippen LogP contribution in [-0.4, -0.2) is 64.3 Å². The zero-order valence-corrected chi connectivity index (χ0v) is 13.7. The van der Waals surface area contributed by atoms with Crippen molar-refractivity contribution in [2.75, 3.05) is 33.7 Å². The number of aromatic nitrogens is 3. The molecule has 3 rings (SSSR count). The van der Waals surface area contributed by atoms with Crippen molar-refractivity contribution in [3.05, 3.63) is 42.0 Å². The Balaban J connectivity index is 1.85. The van der Waals surface area contributed by atoms with E-state index in [1.165, 1.54) is 17.1 Å². The SMILES string of the molecule is CN1CCN(C)[C@@H](Cc2ncnn2-c2cccc(C(F)(F)F)c2)C1. The number of hydrogen-bond donors (Lipinski definition) is 0. The van der Waals surface area contributed by atoms with E-state index in [4.69, 9.17) is 0 Å². The molecule has 130 valence electrons. The summed E-state index contributed by atoms with van der Waals surface area (Å²) >= 11 is 0. The van der Waals surface area contributed by atoms with Gasteiger partial charge in [0.2, 0.25) is 0 Å². The number of halogens is 3. The molecule has 0 unspecified atom stereocenters. The van der Waals surface area contributed by atoms with Crippen LogP contribution in [0, 0.1) is 0 Å². The number of rotatable bonds is 3. The van der Waals surface area contributed by atoms with E-state index in [-0.39, 0.29) is 6.04 Å². The lowest BCUT2D eigenvalue weighted by atomic mass is 10.1. The van der Waals surface area contributed by atoms with Crippen molar-refractivity contribution < 1.29 is 13.2 Å². The second-order valence-electron chi connectivity index (χ2n) is 6.24. The molecule has 0 spiro atoms. The molecule has 0 saturated carbocycles. The predicted molar refractivity (Wildman–Crippen MR) is 84.0 cm³/mol. The van der Waals surface area contributed by atoms with Gasteiger partial charge in [-0.15, -0.1) is 0 Å². The van der Waals surface area contributed by atoms with E-state index in [2.05, 4.69) is 34.0 Å². The average molecular weight is 339 g/mol. The van der Waals surface area contributed by atoms with Crippen molar-refractivity contribution in [1.29, 1.82) is 0 Å². The molecule has 0 bridgehead atoms. The summed E-state index contributed by atoms with van der Waals surface area (Å²) < 4.78 is 40.3. The molecular weight excluding hydrogens is 319 g/mol. The highest BCUT2D eigenvalue weighted by Gasteiger charge is 2.31. The molecule has 24 heavy (non-hydrogen) atoms. The van der Waals surface area contributed by atoms with Gasteiger partial charge in [0.1, 0.15) is 12.2 Å². The van der Waals surface area contributed by atoms with Gasteiger partial charge in [0.15, 0.2) is 0 Å². The molecular formula is C16H20F3N5. The van der Waals surface area contributed by atoms with E-state index < -0.39 is 11.7 Å². The van der Waals surface area contributed by atoms with Crippen molar-refractivity contribution in [2.45, 2.75) is 18.6 Å². The van der Waals surface area contributed by atoms with Crippen LogP contribution in [0.15, 0.2) is 30.6 Å². The first kappa shape index (κ1) is 16.9. The van der Waals surface area contributed by atoms with Crippen LogP contribution < -0.4 is 0 Å². The molecule has 1 aliphatic heterocycles. The lowest BCUT2D eigenvalue weighted by molar-refractivity contribution is -0.137. The van der Waals surface area contributed by atoms with Gasteiger partial charge < -0.3 is 9.80 Å². The minimum atomic E-state index is -4.37. The zero-order chi connectivity index (χ0) is 17.3. The number of hydrogen-bond acceptors (Lipinski definition) is 4. The van der Waals surface area contributed by atoms with E-state index >= 15 is 0 Å². The summed E-state index contributed by atoms with van der Waals surface area (Å²) in [5.41, 5.74) is -0.305. The van der Waals surface area contributed by atoms with Crippen LogP contribution in [0.4, 0.5) is 13.2 Å². The fourth-order valence-electron chi connectivity index (χ4n) is 2.97. The summed E-state index contributed by atoms with van der Waals surface area (Å²) in [6.45, 7) is 2.86. The molecule has 5 nitrogen and oxygen atoms in total. The Hall–Kier alpha value is -1.93. The Morgan fingerprint density at radius 2 is 2.00 bits per heavy atom. The van der Waals surface area contributed by atoms with Gasteiger partial charge in [-0.05, 0) is 32.3 Å². The molecule has 1 aromatic heterocycles. The van der Waals surface area contributed by atoms with E-state index in [0.29, 0.717) is 17.9 Å². The number of likely N-dealkylation sites (N-methyl/N-ethyl adjacent to an activating group) is 2. The van der Waals surface area contributed by atoms with E-state index in [1.54, 1.807) is 6.07 Å². The normalized spacial score (nSPS) is 20.5. The number of piperazine rings is 1. The maximum absolute atomic E-state index is 12.9. The number of benzene rings is 1. The third-order valence-corrected chi connectivity index (χ3v) is 4.43. The van der Waals surface area contributed by atoms with Crippen LogP contribution >= 0.6 is 0 Å². The lowest BCUT2D eigenvalue weighted by Gasteiger charge is -2.37. The van der Waals surface area contributed by atoms with Crippen molar-refractivity contribution >= 4 is 0 Å². The van der Waals surface area contributed by atoms with E-state index in [0.717, 1.165) is 31.8 Å². The van der Waals surface area contributed by atoms with Gasteiger partial charge in [0.05, 0.1) is 11.3 Å². The Kier molecular flexibility index (Phi) is 4.60. The minimum absolute atomic E-state index is 0.262. The molecule has 2 heterocycles. The van der Waals surface area contributed by atoms with Crippen LogP contribution in [0.2, 0.25) is 0 Å². The average Bonchev–Trinajstić information content (AvgIpc) is 2.98. The molecule has 1 aliphatic rings. The van der Waals surface area contributed by atoms with Crippen molar-refractivity contribution in [2.24, 2.45) is 0 Å². The lowest BCUT2D eigenvalue weighted by Crippen LogP contribution is -2.51. The van der Waals surface area contributed by atoms with Crippen LogP contribution in [0.5, 0.6) is 0 Å². The van der Waals surface area contributed by atoms with E-state index in [9.17, 15) is 13.2 Å². The highest BCUT2D eigenvalue weighted by atomic mass is 19.4. The van der Waals surface area contributed by atoms with Gasteiger partial charge in [0, 0.05) is 32.1 Å². The zero-order valence-electron chi connectivity index (χ0n) is 13.7. The number of nitrogens with zero attached hydrogens (tertiary/aromatic N) is 5. The Morgan fingerprint density at radius 1 is 1.21 bits per heavy atom. The highest BCUT2D eigenvalue weighted by Crippen LogP contribution is 2.30. The Bertz CT molecular complexity index is 697. The molecule has 1 fully saturated rings. The predicted octanol–water partition coefficient (Wildman–Crippen LogP) is 2.07. The van der Waals surface area contributed by atoms with Gasteiger partial charge in [-0.2, -0.15) is 18.3 Å². The smallest absolute Gasteiger partial charge is 0.304 e. The fourth-order valence-corrected chi connectivity index (χ4v) is 2.97. The summed E-state index contributed by atoms with van der Waals surface area (Å²) in [4.78, 5) is 8.76. The molecule has 0 N–H and O–H groups in total. The molecule has 2 aromatic rings. The van der Waals surface area contributed by atoms with Crippen LogP contribution in [-0.2, 0) is 12.6 Å². The first-order valence-corrected chi connectivity index (χ1v) is 7.80. The fraction of sp³-hybridized carbons (Fsp3) is 0.500. The second-order valence-corrected chi connectivity index (χ2v) is 6.24. The summed E-state index contributed by atoms with van der Waals surface area (Å²) in [6.07, 6.45) is -2.34. The van der Waals surface area contributed by atoms with Crippen molar-refractivity contribution in [3.8, 4) is 5.69 Å². The minimum Gasteiger partial charge on any atom is -0.304 e. The van der Waals surface area contributed by atoms with Crippen LogP contribution in [0.25, 0.3) is 5.69 Å². The van der Waals surface area contributed by atoms with Gasteiger partial charge in [-0.3, -0.25) is 0 Å². The molecule has 0 radical (unpaired) electrons. The first-order valence-electron chi connectivity index (χ1n) is 7.80. The van der Waals surface area contributed by atoms with Crippen molar-refractivity contribution in [1.82, 2.24) is 24.6 Å². The highest BCUT2D eigenvalue weighted by molar-refractivity contribution is 5.37. The monoisotopic (exact) mass is 339 g/mol. The number of alkyl halides is 3. The quantitative estimate of drug-likeness (QED) is 0.858. The molecule has 8 heteroatoms. The first-order chi connectivity index (χ1) is 11.3. The van der Waals surface area contributed by atoms with Gasteiger partial charge in [0.25, 0.3) is 0 Å². The summed E-state index contributed by atoms with van der Waals surface area (Å²) in [6, 6.07) is 5.44. The maximum Gasteiger partial charge on any atom is 0.416 e.